The second kappa shape index (κ2) is 18.2. The number of benzene rings is 2. The second-order valence-electron chi connectivity index (χ2n) is 17.3. The van der Waals surface area contributed by atoms with Crippen LogP contribution in [0.4, 0.5) is 11.6 Å². The third-order valence-electron chi connectivity index (χ3n) is 12.7. The minimum atomic E-state index is -0.0692. The molecule has 1 atom stereocenters. The number of carbonyl (C=O) groups excluding carboxylic acids is 2. The van der Waals surface area contributed by atoms with E-state index in [1.54, 1.807) is 41.8 Å². The Morgan fingerprint density at radius 2 is 1.26 bits per heavy atom. The Morgan fingerprint density at radius 1 is 0.750 bits per heavy atom. The zero-order valence-corrected chi connectivity index (χ0v) is 39.9. The molecule has 2 amide bonds. The lowest BCUT2D eigenvalue weighted by Crippen LogP contribution is -2.52. The fraction of sp³-hybridized carbons (Fsp3) is 0.333. The van der Waals surface area contributed by atoms with Crippen LogP contribution in [0.1, 0.15) is 29.6 Å². The number of carbonyl (C=O) groups is 2. The van der Waals surface area contributed by atoms with Crippen LogP contribution in [0, 0.1) is 13.8 Å². The molecule has 0 saturated carbocycles. The molecule has 3 fully saturated rings. The zero-order valence-electron chi connectivity index (χ0n) is 38.3. The molecule has 350 valence electrons. The maximum absolute atomic E-state index is 13.0. The number of amides is 2. The van der Waals surface area contributed by atoms with Crippen molar-refractivity contribution in [2.45, 2.75) is 32.4 Å². The van der Waals surface area contributed by atoms with Gasteiger partial charge in [0.15, 0.2) is 11.3 Å². The number of nitrogen functional groups attached to an aromatic ring is 2. The third-order valence-corrected chi connectivity index (χ3v) is 15.1. The molecular weight excluding hydrogens is 903 g/mol. The number of hydrogen-bond donors (Lipinski definition) is 2. The third kappa shape index (κ3) is 8.16. The van der Waals surface area contributed by atoms with E-state index in [1.165, 1.54) is 18.7 Å². The maximum Gasteiger partial charge on any atom is 0.250 e. The summed E-state index contributed by atoms with van der Waals surface area (Å²) in [5.74, 6) is 2.38. The number of anilines is 2. The first-order chi connectivity index (χ1) is 32.9. The molecule has 20 heteroatoms. The van der Waals surface area contributed by atoms with Gasteiger partial charge in [-0.1, -0.05) is 25.3 Å². The Hall–Kier alpha value is -7.00. The van der Waals surface area contributed by atoms with Gasteiger partial charge in [0, 0.05) is 51.4 Å². The van der Waals surface area contributed by atoms with Crippen LogP contribution in [0.5, 0.6) is 11.5 Å². The van der Waals surface area contributed by atoms with Crippen LogP contribution in [0.15, 0.2) is 73.9 Å². The molecule has 6 aromatic heterocycles. The van der Waals surface area contributed by atoms with Gasteiger partial charge in [0.1, 0.15) is 47.2 Å². The Kier molecular flexibility index (Phi) is 12.0. The number of rotatable bonds is 10. The summed E-state index contributed by atoms with van der Waals surface area (Å²) >= 11 is 3.22. The first-order valence-electron chi connectivity index (χ1n) is 22.3. The highest BCUT2D eigenvalue weighted by atomic mass is 32.1. The van der Waals surface area contributed by atoms with Gasteiger partial charge < -0.3 is 35.5 Å². The summed E-state index contributed by atoms with van der Waals surface area (Å²) in [6.45, 7) is 17.6. The zero-order chi connectivity index (χ0) is 47.4. The van der Waals surface area contributed by atoms with Crippen molar-refractivity contribution in [2.24, 2.45) is 0 Å². The number of thiophene rings is 2. The van der Waals surface area contributed by atoms with Crippen LogP contribution in [-0.2, 0) is 14.3 Å². The minimum Gasteiger partial charge on any atom is -0.495 e. The van der Waals surface area contributed by atoms with Crippen LogP contribution in [0.3, 0.4) is 0 Å². The van der Waals surface area contributed by atoms with Crippen molar-refractivity contribution in [1.82, 2.24) is 54.2 Å². The van der Waals surface area contributed by atoms with E-state index in [-0.39, 0.29) is 23.9 Å². The first kappa shape index (κ1) is 44.8. The molecule has 0 bridgehead atoms. The van der Waals surface area contributed by atoms with Gasteiger partial charge in [0.2, 0.25) is 5.91 Å². The van der Waals surface area contributed by atoms with Gasteiger partial charge in [-0.25, -0.2) is 29.3 Å². The van der Waals surface area contributed by atoms with Crippen LogP contribution in [0.25, 0.3) is 63.4 Å². The highest BCUT2D eigenvalue weighted by Crippen LogP contribution is 2.44. The Balaban J connectivity index is 0.000000161. The fourth-order valence-electron chi connectivity index (χ4n) is 9.28. The molecule has 2 aromatic carbocycles. The molecule has 3 aliphatic heterocycles. The van der Waals surface area contributed by atoms with Crippen molar-refractivity contribution in [3.8, 4) is 32.6 Å². The van der Waals surface area contributed by atoms with Crippen molar-refractivity contribution in [1.29, 1.82) is 0 Å². The standard InChI is InChI=1S/C26H29N7O3S.C22H22N6O2S/c1-15-8-17-10-20(37-23(17)19(9-15)35-3)22-21-24(27)28-14-29-25(21)33(30-22)18-12-32(13-18)26(34)16(2)11-31-4-6-36-7-5-31;1-4-17(29)27-6-5-14(10-27)28-22-18(21(23)24-11-25-22)19(26-28)16-9-13-7-12(2)8-15(30-3)20(13)31-16/h8-10,14,18H,2,4-7,11-13H2,1,3H3,(H2,27,28,29);4,7-9,11,14H,1,5-6,10H2,2-3H3,(H2,23,24,25). The van der Waals surface area contributed by atoms with Gasteiger partial charge >= 0.3 is 0 Å². The molecule has 4 N–H and O–H groups in total. The largest absolute Gasteiger partial charge is 0.495 e. The van der Waals surface area contributed by atoms with E-state index in [1.807, 2.05) is 33.3 Å². The quantitative estimate of drug-likeness (QED) is 0.141. The summed E-state index contributed by atoms with van der Waals surface area (Å²) < 4.78 is 22.5. The smallest absolute Gasteiger partial charge is 0.250 e. The number of ether oxygens (including phenoxy) is 3. The normalized spacial score (nSPS) is 16.6. The minimum absolute atomic E-state index is 0.00292. The summed E-state index contributed by atoms with van der Waals surface area (Å²) in [6.07, 6.45) is 5.06. The number of aryl methyl sites for hydroxylation is 2. The Morgan fingerprint density at radius 3 is 1.78 bits per heavy atom. The molecule has 18 nitrogen and oxygen atoms in total. The van der Waals surface area contributed by atoms with Crippen molar-refractivity contribution < 1.29 is 23.8 Å². The summed E-state index contributed by atoms with van der Waals surface area (Å²) in [5, 5.41) is 13.6. The van der Waals surface area contributed by atoms with E-state index in [2.05, 4.69) is 69.2 Å². The average molecular weight is 954 g/mol. The van der Waals surface area contributed by atoms with Crippen molar-refractivity contribution in [3.05, 3.63) is 85.0 Å². The number of fused-ring (bicyclic) bond motifs is 4. The number of methoxy groups -OCH3 is 2. The topological polar surface area (TPSA) is 211 Å². The Bertz CT molecular complexity index is 3290. The molecule has 11 rings (SSSR count). The number of likely N-dealkylation sites (tertiary alicyclic amines) is 2. The number of morpholine rings is 1. The molecule has 3 aliphatic rings. The SMILES string of the molecule is C=C(CN1CCOCC1)C(=O)N1CC(n2nc(-c3cc4cc(C)cc(OC)c4s3)c3c(N)ncnc32)C1.C=CC(=O)N1CCC(n2nc(-c3cc4cc(C)cc(OC)c4s3)c3c(N)ncnc32)C1. The van der Waals surface area contributed by atoms with Gasteiger partial charge in [0.05, 0.1) is 69.4 Å². The van der Waals surface area contributed by atoms with E-state index in [4.69, 9.17) is 35.9 Å². The number of aromatic nitrogens is 8. The lowest BCUT2D eigenvalue weighted by molar-refractivity contribution is -0.133. The van der Waals surface area contributed by atoms with Crippen LogP contribution < -0.4 is 20.9 Å². The van der Waals surface area contributed by atoms with Crippen molar-refractivity contribution >= 4 is 88.4 Å². The first-order valence-corrected chi connectivity index (χ1v) is 23.9. The predicted molar refractivity (Wildman–Crippen MR) is 266 cm³/mol. The lowest BCUT2D eigenvalue weighted by Gasteiger charge is -2.40. The van der Waals surface area contributed by atoms with Crippen LogP contribution >= 0.6 is 22.7 Å². The monoisotopic (exact) mass is 953 g/mol. The molecule has 8 aromatic rings. The molecule has 68 heavy (non-hydrogen) atoms. The lowest BCUT2D eigenvalue weighted by atomic mass is 10.1. The number of nitrogens with zero attached hydrogens (tertiary/aromatic N) is 11. The summed E-state index contributed by atoms with van der Waals surface area (Å²) in [7, 11) is 3.36. The van der Waals surface area contributed by atoms with E-state index in [0.717, 1.165) is 94.2 Å². The van der Waals surface area contributed by atoms with E-state index >= 15 is 0 Å². The molecule has 0 aliphatic carbocycles. The molecular formula is C48H51N13O5S2. The van der Waals surface area contributed by atoms with Crippen LogP contribution in [0.2, 0.25) is 0 Å². The second-order valence-corrected chi connectivity index (χ2v) is 19.4. The molecule has 0 spiro atoms. The van der Waals surface area contributed by atoms with E-state index in [9.17, 15) is 9.59 Å². The van der Waals surface area contributed by atoms with Crippen LogP contribution in [-0.4, -0.2) is 139 Å². The summed E-state index contributed by atoms with van der Waals surface area (Å²) in [6, 6.07) is 12.6. The molecule has 3 saturated heterocycles. The van der Waals surface area contributed by atoms with Gasteiger partial charge in [-0.2, -0.15) is 10.2 Å². The van der Waals surface area contributed by atoms with Gasteiger partial charge in [-0.05, 0) is 72.5 Å². The number of hydrogen-bond acceptors (Lipinski definition) is 16. The molecule has 1 unspecified atom stereocenters. The molecule has 0 radical (unpaired) electrons. The summed E-state index contributed by atoms with van der Waals surface area (Å²) in [4.78, 5) is 50.2. The van der Waals surface area contributed by atoms with Crippen molar-refractivity contribution in [2.75, 3.05) is 84.7 Å². The Labute approximate surface area is 399 Å². The van der Waals surface area contributed by atoms with Crippen molar-refractivity contribution in [3.63, 3.8) is 0 Å². The fourth-order valence-corrected chi connectivity index (χ4v) is 11.5. The predicted octanol–water partition coefficient (Wildman–Crippen LogP) is 6.45. The molecule has 9 heterocycles. The van der Waals surface area contributed by atoms with Gasteiger partial charge in [-0.15, -0.1) is 22.7 Å². The number of nitrogens with two attached hydrogens (primary N) is 2. The average Bonchev–Trinajstić information content (AvgIpc) is 4.18. The van der Waals surface area contributed by atoms with E-state index < -0.39 is 0 Å². The van der Waals surface area contributed by atoms with E-state index in [0.29, 0.717) is 74.4 Å². The summed E-state index contributed by atoms with van der Waals surface area (Å²) in [5.41, 5.74) is 18.3. The highest BCUT2D eigenvalue weighted by molar-refractivity contribution is 7.23. The highest BCUT2D eigenvalue weighted by Gasteiger charge is 2.36. The van der Waals surface area contributed by atoms with Gasteiger partial charge in [-0.3, -0.25) is 14.5 Å². The van der Waals surface area contributed by atoms with Gasteiger partial charge in [0.25, 0.3) is 5.91 Å². The maximum atomic E-state index is 13.0.